The fraction of sp³-hybridized carbons (Fsp3) is 0.515. The minimum Gasteiger partial charge on any atom is -0.487 e. The van der Waals surface area contributed by atoms with Gasteiger partial charge in [-0.05, 0) is 94.3 Å². The smallest absolute Gasteiger partial charge is 0.195 e. The minimum absolute atomic E-state index is 0.0160. The molecule has 1 aromatic carbocycles. The number of nitriles is 1. The summed E-state index contributed by atoms with van der Waals surface area (Å²) in [5.74, 6) is 1.39. The molecular formula is C33H39N3O3. The average molecular weight is 526 g/mol. The summed E-state index contributed by atoms with van der Waals surface area (Å²) in [4.78, 5) is 20.3. The maximum atomic E-state index is 14.1. The van der Waals surface area contributed by atoms with Crippen LogP contribution < -0.4 is 9.47 Å². The Balaban J connectivity index is 1.40. The van der Waals surface area contributed by atoms with Crippen molar-refractivity contribution in [2.24, 2.45) is 0 Å². The molecule has 3 aliphatic carbocycles. The SMILES string of the molecule is CC(C)Oc1cc2c(cc1OC1CCCN(C3CCC3)C1)C(C)(C)c1[nH]c3c(c1C2=O)CC/C=C/C(C#N)=C3. The average Bonchev–Trinajstić information content (AvgIpc) is 3.20. The topological polar surface area (TPSA) is 78.3 Å². The van der Waals surface area contributed by atoms with Gasteiger partial charge in [-0.25, -0.2) is 0 Å². The highest BCUT2D eigenvalue weighted by Gasteiger charge is 2.42. The van der Waals surface area contributed by atoms with E-state index in [0.717, 1.165) is 72.6 Å². The van der Waals surface area contributed by atoms with Crippen LogP contribution in [0.15, 0.2) is 29.9 Å². The van der Waals surface area contributed by atoms with Crippen molar-refractivity contribution in [3.05, 3.63) is 63.5 Å². The largest absolute Gasteiger partial charge is 0.487 e. The summed E-state index contributed by atoms with van der Waals surface area (Å²) in [6.07, 6.45) is 13.4. The molecule has 1 N–H and O–H groups in total. The zero-order valence-electron chi connectivity index (χ0n) is 23.6. The highest BCUT2D eigenvalue weighted by atomic mass is 16.5. The number of hydrogen-bond donors (Lipinski definition) is 1. The van der Waals surface area contributed by atoms with Gasteiger partial charge < -0.3 is 14.5 Å². The van der Waals surface area contributed by atoms with Gasteiger partial charge in [0.25, 0.3) is 0 Å². The van der Waals surface area contributed by atoms with Crippen LogP contribution in [0.1, 0.15) is 105 Å². The van der Waals surface area contributed by atoms with Crippen LogP contribution in [-0.4, -0.2) is 47.0 Å². The fourth-order valence-corrected chi connectivity index (χ4v) is 6.67. The molecule has 6 heteroatoms. The number of nitrogens with one attached hydrogen (secondary N) is 1. The van der Waals surface area contributed by atoms with Gasteiger partial charge in [0, 0.05) is 40.5 Å². The zero-order chi connectivity index (χ0) is 27.3. The molecule has 6 rings (SSSR count). The first kappa shape index (κ1) is 26.0. The number of hydrogen-bond acceptors (Lipinski definition) is 5. The summed E-state index contributed by atoms with van der Waals surface area (Å²) in [7, 11) is 0. The molecule has 1 aromatic heterocycles. The number of H-pyrrole nitrogens is 1. The van der Waals surface area contributed by atoms with Crippen molar-refractivity contribution in [1.82, 2.24) is 9.88 Å². The van der Waals surface area contributed by atoms with E-state index in [0.29, 0.717) is 22.9 Å². The lowest BCUT2D eigenvalue weighted by Gasteiger charge is -2.42. The van der Waals surface area contributed by atoms with Crippen LogP contribution in [0.4, 0.5) is 0 Å². The molecule has 0 spiro atoms. The molecule has 1 aliphatic heterocycles. The minimum atomic E-state index is -0.452. The van der Waals surface area contributed by atoms with Gasteiger partial charge in [-0.2, -0.15) is 5.26 Å². The van der Waals surface area contributed by atoms with Gasteiger partial charge >= 0.3 is 0 Å². The van der Waals surface area contributed by atoms with E-state index >= 15 is 0 Å². The molecule has 1 atom stereocenters. The predicted octanol–water partition coefficient (Wildman–Crippen LogP) is 6.48. The van der Waals surface area contributed by atoms with E-state index in [2.05, 4.69) is 35.9 Å². The Labute approximate surface area is 231 Å². The number of piperidine rings is 1. The van der Waals surface area contributed by atoms with Crippen molar-refractivity contribution in [3.8, 4) is 17.6 Å². The highest BCUT2D eigenvalue weighted by molar-refractivity contribution is 6.14. The second-order valence-electron chi connectivity index (χ2n) is 12.3. The zero-order valence-corrected chi connectivity index (χ0v) is 23.6. The molecule has 6 nitrogen and oxygen atoms in total. The summed E-state index contributed by atoms with van der Waals surface area (Å²) in [6, 6.07) is 6.95. The quantitative estimate of drug-likeness (QED) is 0.484. The molecule has 2 aromatic rings. The van der Waals surface area contributed by atoms with Gasteiger partial charge in [-0.3, -0.25) is 9.69 Å². The molecular weight excluding hydrogens is 486 g/mol. The van der Waals surface area contributed by atoms with Gasteiger partial charge in [0.2, 0.25) is 0 Å². The molecule has 2 heterocycles. The van der Waals surface area contributed by atoms with Gasteiger partial charge in [0.15, 0.2) is 17.3 Å². The lowest BCUT2D eigenvalue weighted by atomic mass is 9.70. The third kappa shape index (κ3) is 4.61. The first-order valence-electron chi connectivity index (χ1n) is 14.6. The molecule has 2 fully saturated rings. The van der Waals surface area contributed by atoms with Crippen molar-refractivity contribution in [2.75, 3.05) is 13.1 Å². The number of fused-ring (bicyclic) bond motifs is 4. The number of aromatic amines is 1. The number of likely N-dealkylation sites (tertiary alicyclic amines) is 1. The normalized spacial score (nSPS) is 23.3. The summed E-state index contributed by atoms with van der Waals surface area (Å²) in [5, 5.41) is 9.58. The first-order valence-corrected chi connectivity index (χ1v) is 14.6. The van der Waals surface area contributed by atoms with Crippen molar-refractivity contribution in [1.29, 1.82) is 5.26 Å². The lowest BCUT2D eigenvalue weighted by molar-refractivity contribution is 0.0339. The number of nitrogens with zero attached hydrogens (tertiary/aromatic N) is 2. The maximum absolute atomic E-state index is 14.1. The van der Waals surface area contributed by atoms with Crippen LogP contribution in [0.5, 0.6) is 11.5 Å². The molecule has 1 unspecified atom stereocenters. The van der Waals surface area contributed by atoms with Gasteiger partial charge in [-0.1, -0.05) is 26.3 Å². The maximum Gasteiger partial charge on any atom is 0.195 e. The number of benzene rings is 1. The lowest BCUT2D eigenvalue weighted by Crippen LogP contribution is -2.49. The third-order valence-corrected chi connectivity index (χ3v) is 8.93. The van der Waals surface area contributed by atoms with E-state index in [-0.39, 0.29) is 18.0 Å². The van der Waals surface area contributed by atoms with Crippen LogP contribution >= 0.6 is 0 Å². The number of ketones is 1. The second kappa shape index (κ2) is 10.0. The Kier molecular flexibility index (Phi) is 6.67. The standard InChI is InChI=1S/C33H39N3O3/c1-20(2)38-28-16-25-26(17-29(28)39-23-12-8-14-36(19-23)22-10-7-11-22)33(3,4)32-30(31(25)37)24-13-6-5-9-21(18-34)15-27(24)35-32/h5,9,15-17,20,22-23,35H,6-8,10-14,19H2,1-4H3/b9-5+,21-15?. The molecule has 204 valence electrons. The van der Waals surface area contributed by atoms with Crippen molar-refractivity contribution >= 4 is 11.9 Å². The summed E-state index contributed by atoms with van der Waals surface area (Å²) in [5.41, 5.74) is 5.29. The van der Waals surface area contributed by atoms with Crippen molar-refractivity contribution in [3.63, 3.8) is 0 Å². The monoisotopic (exact) mass is 525 g/mol. The Hall–Kier alpha value is -3.30. The van der Waals surface area contributed by atoms with Crippen LogP contribution in [0, 0.1) is 11.3 Å². The first-order chi connectivity index (χ1) is 18.8. The van der Waals surface area contributed by atoms with Crippen LogP contribution in [0.3, 0.4) is 0 Å². The van der Waals surface area contributed by atoms with Gasteiger partial charge in [-0.15, -0.1) is 0 Å². The Morgan fingerprint density at radius 3 is 2.69 bits per heavy atom. The van der Waals surface area contributed by atoms with Crippen molar-refractivity contribution in [2.45, 2.75) is 96.3 Å². The van der Waals surface area contributed by atoms with Crippen LogP contribution in [0.25, 0.3) is 6.08 Å². The van der Waals surface area contributed by atoms with E-state index in [9.17, 15) is 10.1 Å². The summed E-state index contributed by atoms with van der Waals surface area (Å²) < 4.78 is 13.0. The fourth-order valence-electron chi connectivity index (χ4n) is 6.67. The van der Waals surface area contributed by atoms with Crippen LogP contribution in [0.2, 0.25) is 0 Å². The molecule has 0 amide bonds. The molecule has 0 radical (unpaired) electrons. The predicted molar refractivity (Wildman–Crippen MR) is 152 cm³/mol. The van der Waals surface area contributed by atoms with Crippen LogP contribution in [-0.2, 0) is 11.8 Å². The summed E-state index contributed by atoms with van der Waals surface area (Å²) in [6.45, 7) is 10.4. The van der Waals surface area contributed by atoms with E-state index in [1.165, 1.54) is 19.3 Å². The molecule has 0 bridgehead atoms. The molecule has 1 saturated heterocycles. The van der Waals surface area contributed by atoms with E-state index in [1.807, 2.05) is 38.1 Å². The summed E-state index contributed by atoms with van der Waals surface area (Å²) >= 11 is 0. The number of allylic oxidation sites excluding steroid dienone is 3. The third-order valence-electron chi connectivity index (χ3n) is 8.93. The van der Waals surface area contributed by atoms with Crippen molar-refractivity contribution < 1.29 is 14.3 Å². The van der Waals surface area contributed by atoms with Gasteiger partial charge in [0.05, 0.1) is 17.7 Å². The van der Waals surface area contributed by atoms with E-state index < -0.39 is 5.41 Å². The Morgan fingerprint density at radius 2 is 1.97 bits per heavy atom. The Morgan fingerprint density at radius 1 is 1.15 bits per heavy atom. The molecule has 1 saturated carbocycles. The number of aromatic nitrogens is 1. The van der Waals surface area contributed by atoms with Gasteiger partial charge in [0.1, 0.15) is 6.10 Å². The number of carbonyl (C=O) groups is 1. The van der Waals surface area contributed by atoms with E-state index in [1.54, 1.807) is 0 Å². The number of ether oxygens (including phenoxy) is 2. The molecule has 4 aliphatic rings. The highest BCUT2D eigenvalue weighted by Crippen LogP contribution is 2.47. The number of carbonyl (C=O) groups excluding carboxylic acids is 1. The Bertz CT molecular complexity index is 1400. The molecule has 39 heavy (non-hydrogen) atoms. The second-order valence-corrected chi connectivity index (χ2v) is 12.3. The number of rotatable bonds is 5. The van der Waals surface area contributed by atoms with E-state index in [4.69, 9.17) is 9.47 Å².